The van der Waals surface area contributed by atoms with Gasteiger partial charge >= 0.3 is 12.0 Å². The number of likely N-dealkylation sites (N-methyl/N-ethyl adjacent to an activating group) is 1. The molecule has 5 rings (SSSR count). The van der Waals surface area contributed by atoms with E-state index in [1.807, 2.05) is 29.8 Å². The molecule has 0 radical (unpaired) electrons. The van der Waals surface area contributed by atoms with Crippen LogP contribution in [-0.4, -0.2) is 83.5 Å². The number of para-hydroxylation sites is 1. The smallest absolute Gasteiger partial charge is 0.379 e. The van der Waals surface area contributed by atoms with Gasteiger partial charge in [-0.15, -0.1) is 0 Å². The van der Waals surface area contributed by atoms with Crippen LogP contribution in [0.25, 0.3) is 5.69 Å². The van der Waals surface area contributed by atoms with Crippen LogP contribution in [0.4, 0.5) is 10.7 Å². The third kappa shape index (κ3) is 3.23. The Balaban J connectivity index is 1.48. The van der Waals surface area contributed by atoms with Gasteiger partial charge in [-0.1, -0.05) is 30.1 Å². The van der Waals surface area contributed by atoms with Crippen molar-refractivity contribution in [3.05, 3.63) is 41.7 Å². The molecule has 1 aromatic heterocycles. The molecule has 1 aromatic carbocycles. The number of carbonyl (C=O) groups is 2. The minimum absolute atomic E-state index is 0.218. The first-order valence-electron chi connectivity index (χ1n) is 11.2. The van der Waals surface area contributed by atoms with Crippen molar-refractivity contribution < 1.29 is 18.9 Å². The van der Waals surface area contributed by atoms with Gasteiger partial charge in [-0.3, -0.25) is 19.5 Å². The number of ether oxygens (including phenoxy) is 1. The minimum Gasteiger partial charge on any atom is -0.379 e. The molecule has 9 heteroatoms. The Morgan fingerprint density at radius 3 is 2.66 bits per heavy atom. The van der Waals surface area contributed by atoms with Gasteiger partial charge in [0.2, 0.25) is 11.9 Å². The predicted molar refractivity (Wildman–Crippen MR) is 118 cm³/mol. The van der Waals surface area contributed by atoms with Crippen molar-refractivity contribution >= 4 is 23.7 Å². The first-order chi connectivity index (χ1) is 15.5. The number of morpholine rings is 1. The van der Waals surface area contributed by atoms with Crippen LogP contribution < -0.4 is 4.57 Å². The van der Waals surface area contributed by atoms with Crippen LogP contribution in [0.15, 0.2) is 35.5 Å². The Labute approximate surface area is 187 Å². The van der Waals surface area contributed by atoms with Gasteiger partial charge in [0.05, 0.1) is 13.2 Å². The summed E-state index contributed by atoms with van der Waals surface area (Å²) in [5.41, 5.74) is 3.25. The Morgan fingerprint density at radius 2 is 1.91 bits per heavy atom. The average molecular weight is 438 g/mol. The molecule has 0 aliphatic carbocycles. The molecule has 3 aliphatic rings. The van der Waals surface area contributed by atoms with Crippen LogP contribution in [-0.2, 0) is 16.0 Å². The average Bonchev–Trinajstić information content (AvgIpc) is 3.32. The number of carbonyl (C=O) groups excluding carboxylic acids is 2. The number of aromatic nitrogens is 2. The summed E-state index contributed by atoms with van der Waals surface area (Å²) in [5, 5.41) is 0. The van der Waals surface area contributed by atoms with E-state index in [4.69, 9.17) is 9.73 Å². The van der Waals surface area contributed by atoms with Crippen LogP contribution >= 0.6 is 0 Å². The lowest BCUT2D eigenvalue weighted by Crippen LogP contribution is -2.63. The fourth-order valence-corrected chi connectivity index (χ4v) is 4.78. The fourth-order valence-electron chi connectivity index (χ4n) is 4.78. The van der Waals surface area contributed by atoms with Crippen LogP contribution in [0, 0.1) is 6.92 Å². The molecule has 2 fully saturated rings. The standard InChI is InChI=1S/C23H29N6O3/c1-4-17-7-5-6-8-18(17)29-16(2)15-28-19-20(24-22(28)29)25(3)23(31)27(21(19)30)10-9-26-11-13-32-14-12-26/h5-8,15,19H,4,9-14H2,1-3H3/q+1. The molecular weight excluding hydrogens is 408 g/mol. The highest BCUT2D eigenvalue weighted by Gasteiger charge is 2.53. The first kappa shape index (κ1) is 20.8. The molecule has 0 bridgehead atoms. The Hall–Kier alpha value is -3.04. The summed E-state index contributed by atoms with van der Waals surface area (Å²) in [7, 11) is 1.70. The van der Waals surface area contributed by atoms with Gasteiger partial charge in [0.1, 0.15) is 17.6 Å². The van der Waals surface area contributed by atoms with Crippen molar-refractivity contribution in [2.45, 2.75) is 26.3 Å². The molecule has 0 saturated carbocycles. The van der Waals surface area contributed by atoms with Crippen LogP contribution in [0.2, 0.25) is 0 Å². The highest BCUT2D eigenvalue weighted by atomic mass is 16.5. The molecule has 1 unspecified atom stereocenters. The normalized spacial score (nSPS) is 21.1. The van der Waals surface area contributed by atoms with Gasteiger partial charge in [-0.2, -0.15) is 4.57 Å². The maximum Gasteiger partial charge on any atom is 0.406 e. The number of imidazole rings is 1. The number of amides is 3. The number of hydrogen-bond acceptors (Lipinski definition) is 5. The van der Waals surface area contributed by atoms with Crippen molar-refractivity contribution in [1.29, 1.82) is 0 Å². The van der Waals surface area contributed by atoms with E-state index in [1.54, 1.807) is 7.05 Å². The molecule has 1 atom stereocenters. The second-order valence-electron chi connectivity index (χ2n) is 8.45. The lowest BCUT2D eigenvalue weighted by Gasteiger charge is -2.35. The summed E-state index contributed by atoms with van der Waals surface area (Å²) >= 11 is 0. The largest absolute Gasteiger partial charge is 0.406 e. The Kier molecular flexibility index (Phi) is 5.30. The molecule has 4 heterocycles. The topological polar surface area (TPSA) is 74.3 Å². The first-order valence-corrected chi connectivity index (χ1v) is 11.2. The monoisotopic (exact) mass is 437 g/mol. The van der Waals surface area contributed by atoms with E-state index in [-0.39, 0.29) is 11.9 Å². The van der Waals surface area contributed by atoms with Gasteiger partial charge in [0.25, 0.3) is 5.91 Å². The van der Waals surface area contributed by atoms with Gasteiger partial charge in [-0.25, -0.2) is 9.36 Å². The molecule has 3 amide bonds. The number of imide groups is 1. The lowest BCUT2D eigenvalue weighted by atomic mass is 10.1. The molecule has 0 spiro atoms. The second kappa shape index (κ2) is 8.14. The number of rotatable bonds is 5. The number of benzene rings is 1. The summed E-state index contributed by atoms with van der Waals surface area (Å²) < 4.78 is 9.38. The van der Waals surface area contributed by atoms with E-state index in [1.165, 1.54) is 15.4 Å². The van der Waals surface area contributed by atoms with Gasteiger partial charge < -0.3 is 4.74 Å². The Bertz CT molecular complexity index is 1100. The quantitative estimate of drug-likeness (QED) is 0.664. The van der Waals surface area contributed by atoms with Crippen molar-refractivity contribution in [2.24, 2.45) is 4.99 Å². The third-order valence-corrected chi connectivity index (χ3v) is 6.57. The highest BCUT2D eigenvalue weighted by Crippen LogP contribution is 2.32. The summed E-state index contributed by atoms with van der Waals surface area (Å²) in [6, 6.07) is 7.28. The fraction of sp³-hybridized carbons (Fsp3) is 0.478. The molecular formula is C23H29N6O3+. The second-order valence-corrected chi connectivity index (χ2v) is 8.45. The Morgan fingerprint density at radius 1 is 1.16 bits per heavy atom. The molecule has 168 valence electrons. The molecule has 9 nitrogen and oxygen atoms in total. The van der Waals surface area contributed by atoms with E-state index >= 15 is 0 Å². The van der Waals surface area contributed by atoms with E-state index in [0.717, 1.165) is 30.9 Å². The van der Waals surface area contributed by atoms with Crippen LogP contribution in [0.1, 0.15) is 24.2 Å². The number of nitrogens with zero attached hydrogens (tertiary/aromatic N) is 6. The minimum atomic E-state index is -0.619. The molecule has 3 aliphatic heterocycles. The molecule has 2 aromatic rings. The predicted octanol–water partition coefficient (Wildman–Crippen LogP) is 1.45. The van der Waals surface area contributed by atoms with E-state index in [2.05, 4.69) is 28.5 Å². The van der Waals surface area contributed by atoms with E-state index in [0.29, 0.717) is 38.1 Å². The zero-order valence-electron chi connectivity index (χ0n) is 18.8. The molecule has 2 saturated heterocycles. The SMILES string of the molecule is CCc1ccccc1-n1c(C)c[n+]2c1N=C1C2C(=O)N(CCN2CCOCC2)C(=O)N1C. The summed E-state index contributed by atoms with van der Waals surface area (Å²) in [4.78, 5) is 36.4. The van der Waals surface area contributed by atoms with Crippen LogP contribution in [0.3, 0.4) is 0 Å². The van der Waals surface area contributed by atoms with Crippen molar-refractivity contribution in [3.63, 3.8) is 0 Å². The summed E-state index contributed by atoms with van der Waals surface area (Å²) in [6.07, 6.45) is 2.85. The van der Waals surface area contributed by atoms with E-state index in [9.17, 15) is 9.59 Å². The molecule has 0 N–H and O–H groups in total. The highest BCUT2D eigenvalue weighted by molar-refractivity contribution is 6.19. The number of aliphatic imine (C=N–C) groups is 1. The van der Waals surface area contributed by atoms with Crippen molar-refractivity contribution in [2.75, 3.05) is 46.4 Å². The van der Waals surface area contributed by atoms with Gasteiger partial charge in [-0.05, 0) is 25.0 Å². The van der Waals surface area contributed by atoms with Gasteiger partial charge in [0.15, 0.2) is 0 Å². The van der Waals surface area contributed by atoms with E-state index < -0.39 is 6.04 Å². The maximum absolute atomic E-state index is 13.5. The summed E-state index contributed by atoms with van der Waals surface area (Å²) in [6.45, 7) is 8.17. The summed E-state index contributed by atoms with van der Waals surface area (Å²) in [5.74, 6) is 0.941. The van der Waals surface area contributed by atoms with Crippen LogP contribution in [0.5, 0.6) is 0 Å². The van der Waals surface area contributed by atoms with Crippen molar-refractivity contribution in [3.8, 4) is 5.69 Å². The zero-order valence-corrected chi connectivity index (χ0v) is 18.8. The lowest BCUT2D eigenvalue weighted by molar-refractivity contribution is -0.676. The number of hydrogen-bond donors (Lipinski definition) is 0. The molecule has 32 heavy (non-hydrogen) atoms. The number of aryl methyl sites for hydroxylation is 2. The number of fused-ring (bicyclic) bond motifs is 3. The third-order valence-electron chi connectivity index (χ3n) is 6.57. The number of amidine groups is 1. The number of urea groups is 1. The zero-order chi connectivity index (χ0) is 22.4. The maximum atomic E-state index is 13.5. The van der Waals surface area contributed by atoms with Gasteiger partial charge in [0, 0.05) is 33.2 Å². The van der Waals surface area contributed by atoms with Crippen molar-refractivity contribution in [1.82, 2.24) is 19.3 Å².